The normalized spacial score (nSPS) is 27.6. The Kier molecular flexibility index (Phi) is 2.91. The van der Waals surface area contributed by atoms with Crippen LogP contribution in [0.2, 0.25) is 0 Å². The summed E-state index contributed by atoms with van der Waals surface area (Å²) in [5.74, 6) is 0. The summed E-state index contributed by atoms with van der Waals surface area (Å²) in [6.07, 6.45) is 1.87. The van der Waals surface area contributed by atoms with E-state index in [1.165, 1.54) is 0 Å². The van der Waals surface area contributed by atoms with Gasteiger partial charge in [0.25, 0.3) is 0 Å². The van der Waals surface area contributed by atoms with Gasteiger partial charge in [-0.2, -0.15) is 0 Å². The molecule has 0 bridgehead atoms. The van der Waals surface area contributed by atoms with Crippen LogP contribution >= 0.6 is 15.9 Å². The molecule has 3 heteroatoms. The number of benzene rings is 1. The van der Waals surface area contributed by atoms with Gasteiger partial charge in [-0.3, -0.25) is 0 Å². The van der Waals surface area contributed by atoms with Gasteiger partial charge in [0.2, 0.25) is 0 Å². The van der Waals surface area contributed by atoms with Crippen LogP contribution in [0.3, 0.4) is 0 Å². The van der Waals surface area contributed by atoms with Gasteiger partial charge in [-0.05, 0) is 37.1 Å². The Bertz CT molecular complexity index is 321. The van der Waals surface area contributed by atoms with Crippen molar-refractivity contribution in [3.05, 3.63) is 34.3 Å². The van der Waals surface area contributed by atoms with Crippen molar-refractivity contribution in [1.82, 2.24) is 5.32 Å². The molecule has 2 nitrogen and oxygen atoms in total. The van der Waals surface area contributed by atoms with Crippen LogP contribution < -0.4 is 5.32 Å². The van der Waals surface area contributed by atoms with E-state index in [1.807, 2.05) is 24.3 Å². The second-order valence-corrected chi connectivity index (χ2v) is 4.74. The van der Waals surface area contributed by atoms with Gasteiger partial charge in [-0.25, -0.2) is 0 Å². The molecule has 0 radical (unpaired) electrons. The van der Waals surface area contributed by atoms with E-state index < -0.39 is 5.60 Å². The molecule has 0 spiro atoms. The van der Waals surface area contributed by atoms with E-state index in [2.05, 4.69) is 21.2 Å². The number of hydrogen-bond acceptors (Lipinski definition) is 2. The zero-order valence-electron chi connectivity index (χ0n) is 7.96. The minimum Gasteiger partial charge on any atom is -0.384 e. The molecule has 1 aliphatic rings. The summed E-state index contributed by atoms with van der Waals surface area (Å²) in [5.41, 5.74) is 0.321. The summed E-state index contributed by atoms with van der Waals surface area (Å²) in [4.78, 5) is 0. The lowest BCUT2D eigenvalue weighted by Gasteiger charge is -2.33. The third-order valence-electron chi connectivity index (χ3n) is 2.72. The second-order valence-electron chi connectivity index (χ2n) is 3.82. The lowest BCUT2D eigenvalue weighted by Crippen LogP contribution is -2.43. The first-order chi connectivity index (χ1) is 6.71. The molecule has 2 rings (SSSR count). The Morgan fingerprint density at radius 2 is 2.29 bits per heavy atom. The highest BCUT2D eigenvalue weighted by Gasteiger charge is 2.30. The topological polar surface area (TPSA) is 32.3 Å². The van der Waals surface area contributed by atoms with Crippen LogP contribution in [0.15, 0.2) is 28.7 Å². The molecule has 0 aliphatic carbocycles. The molecule has 14 heavy (non-hydrogen) atoms. The SMILES string of the molecule is OC1(c2cccc(Br)c2)CCCNC1. The molecule has 1 saturated heterocycles. The van der Waals surface area contributed by atoms with Crippen LogP contribution in [0.5, 0.6) is 0 Å². The van der Waals surface area contributed by atoms with E-state index in [1.54, 1.807) is 0 Å². The molecule has 1 heterocycles. The number of hydrogen-bond donors (Lipinski definition) is 2. The average molecular weight is 256 g/mol. The molecule has 2 N–H and O–H groups in total. The number of nitrogens with one attached hydrogen (secondary N) is 1. The van der Waals surface area contributed by atoms with Gasteiger partial charge >= 0.3 is 0 Å². The summed E-state index contributed by atoms with van der Waals surface area (Å²) in [6.45, 7) is 1.67. The van der Waals surface area contributed by atoms with Crippen LogP contribution in [0.4, 0.5) is 0 Å². The number of β-amino-alcohol motifs (C(OH)–C–C–N with tert-alkyl or cyclic N) is 1. The maximum absolute atomic E-state index is 10.4. The molecular formula is C11H14BrNO. The average Bonchev–Trinajstić information content (AvgIpc) is 2.19. The minimum atomic E-state index is -0.679. The van der Waals surface area contributed by atoms with Crippen molar-refractivity contribution in [3.63, 3.8) is 0 Å². The van der Waals surface area contributed by atoms with Crippen molar-refractivity contribution in [1.29, 1.82) is 0 Å². The van der Waals surface area contributed by atoms with Crippen molar-refractivity contribution in [2.75, 3.05) is 13.1 Å². The third-order valence-corrected chi connectivity index (χ3v) is 3.22. The Labute approximate surface area is 92.5 Å². The fourth-order valence-electron chi connectivity index (χ4n) is 1.91. The first kappa shape index (κ1) is 10.1. The zero-order chi connectivity index (χ0) is 10.0. The molecule has 1 atom stereocenters. The highest BCUT2D eigenvalue weighted by molar-refractivity contribution is 9.10. The lowest BCUT2D eigenvalue weighted by molar-refractivity contribution is 0.0122. The maximum atomic E-state index is 10.4. The van der Waals surface area contributed by atoms with E-state index in [-0.39, 0.29) is 0 Å². The summed E-state index contributed by atoms with van der Waals surface area (Å²) in [5, 5.41) is 13.6. The molecule has 1 aliphatic heterocycles. The van der Waals surface area contributed by atoms with Gasteiger partial charge in [0.1, 0.15) is 5.60 Å². The van der Waals surface area contributed by atoms with Crippen LogP contribution in [-0.2, 0) is 5.60 Å². The highest BCUT2D eigenvalue weighted by atomic mass is 79.9. The zero-order valence-corrected chi connectivity index (χ0v) is 9.55. The van der Waals surface area contributed by atoms with Gasteiger partial charge in [-0.15, -0.1) is 0 Å². The first-order valence-electron chi connectivity index (χ1n) is 4.90. The van der Waals surface area contributed by atoms with Crippen LogP contribution in [0.25, 0.3) is 0 Å². The standard InChI is InChI=1S/C11H14BrNO/c12-10-4-1-3-9(7-10)11(14)5-2-6-13-8-11/h1,3-4,7,13-14H,2,5-6,8H2. The smallest absolute Gasteiger partial charge is 0.102 e. The Morgan fingerprint density at radius 3 is 2.93 bits per heavy atom. The molecule has 1 aromatic carbocycles. The van der Waals surface area contributed by atoms with Gasteiger partial charge in [-0.1, -0.05) is 28.1 Å². The highest BCUT2D eigenvalue weighted by Crippen LogP contribution is 2.29. The van der Waals surface area contributed by atoms with Crippen LogP contribution in [0, 0.1) is 0 Å². The molecule has 1 aromatic rings. The van der Waals surface area contributed by atoms with E-state index in [0.717, 1.165) is 29.4 Å². The predicted molar refractivity (Wildman–Crippen MR) is 60.1 cm³/mol. The molecule has 0 amide bonds. The molecule has 1 fully saturated rings. The summed E-state index contributed by atoms with van der Waals surface area (Å²) < 4.78 is 1.02. The Morgan fingerprint density at radius 1 is 1.43 bits per heavy atom. The quantitative estimate of drug-likeness (QED) is 0.805. The fraction of sp³-hybridized carbons (Fsp3) is 0.455. The predicted octanol–water partition coefficient (Wildman–Crippen LogP) is 2.02. The lowest BCUT2D eigenvalue weighted by atomic mass is 9.87. The number of halogens is 1. The molecule has 76 valence electrons. The Hall–Kier alpha value is -0.380. The monoisotopic (exact) mass is 255 g/mol. The van der Waals surface area contributed by atoms with E-state index in [4.69, 9.17) is 0 Å². The number of rotatable bonds is 1. The number of piperidine rings is 1. The summed E-state index contributed by atoms with van der Waals surface area (Å²) in [6, 6.07) is 7.92. The van der Waals surface area contributed by atoms with Crippen molar-refractivity contribution in [2.45, 2.75) is 18.4 Å². The van der Waals surface area contributed by atoms with Gasteiger partial charge in [0.05, 0.1) is 0 Å². The summed E-state index contributed by atoms with van der Waals surface area (Å²) in [7, 11) is 0. The van der Waals surface area contributed by atoms with Crippen LogP contribution in [-0.4, -0.2) is 18.2 Å². The third kappa shape index (κ3) is 2.00. The van der Waals surface area contributed by atoms with Crippen molar-refractivity contribution < 1.29 is 5.11 Å². The van der Waals surface area contributed by atoms with E-state index in [0.29, 0.717) is 6.54 Å². The van der Waals surface area contributed by atoms with Gasteiger partial charge in [0, 0.05) is 11.0 Å². The van der Waals surface area contributed by atoms with Gasteiger partial charge < -0.3 is 10.4 Å². The molecular weight excluding hydrogens is 242 g/mol. The molecule has 1 unspecified atom stereocenters. The second kappa shape index (κ2) is 4.01. The molecule has 0 saturated carbocycles. The van der Waals surface area contributed by atoms with Crippen molar-refractivity contribution in [2.24, 2.45) is 0 Å². The largest absolute Gasteiger partial charge is 0.384 e. The Balaban J connectivity index is 2.28. The minimum absolute atomic E-state index is 0.656. The van der Waals surface area contributed by atoms with E-state index in [9.17, 15) is 5.11 Å². The van der Waals surface area contributed by atoms with Gasteiger partial charge in [0.15, 0.2) is 0 Å². The summed E-state index contributed by atoms with van der Waals surface area (Å²) >= 11 is 3.42. The molecule has 0 aromatic heterocycles. The maximum Gasteiger partial charge on any atom is 0.102 e. The number of aliphatic hydroxyl groups is 1. The fourth-order valence-corrected chi connectivity index (χ4v) is 2.31. The van der Waals surface area contributed by atoms with Crippen molar-refractivity contribution >= 4 is 15.9 Å². The van der Waals surface area contributed by atoms with E-state index >= 15 is 0 Å². The van der Waals surface area contributed by atoms with Crippen molar-refractivity contribution in [3.8, 4) is 0 Å². The van der Waals surface area contributed by atoms with Crippen LogP contribution in [0.1, 0.15) is 18.4 Å². The first-order valence-corrected chi connectivity index (χ1v) is 5.69.